The summed E-state index contributed by atoms with van der Waals surface area (Å²) in [5.74, 6) is -0.114. The number of hydrogen-bond acceptors (Lipinski definition) is 7. The van der Waals surface area contributed by atoms with Crippen molar-refractivity contribution in [2.45, 2.75) is 9.92 Å². The van der Waals surface area contributed by atoms with Gasteiger partial charge in [0, 0.05) is 10.5 Å². The number of halogens is 2. The second kappa shape index (κ2) is 8.46. The van der Waals surface area contributed by atoms with E-state index in [4.69, 9.17) is 28.9 Å². The highest BCUT2D eigenvalue weighted by Crippen LogP contribution is 2.34. The number of nitrogens with two attached hydrogens (primary N) is 1. The molecule has 2 N–H and O–H groups in total. The van der Waals surface area contributed by atoms with Crippen LogP contribution in [0.25, 0.3) is 0 Å². The molecule has 5 nitrogen and oxygen atoms in total. The van der Waals surface area contributed by atoms with Crippen molar-refractivity contribution in [2.24, 2.45) is 0 Å². The number of Topliss-reactive ketones (excluding diaryl/α,β-unsaturated/α-hetero) is 1. The maximum atomic E-state index is 12.3. The number of ketones is 1. The molecule has 0 unspecified atom stereocenters. The molecule has 1 aromatic heterocycles. The number of hydrogen-bond donors (Lipinski definition) is 1. The molecular formula is C16H10Cl2N4OS2. The minimum Gasteiger partial charge on any atom is -0.383 e. The molecule has 0 amide bonds. The molecule has 0 aliphatic carbocycles. The van der Waals surface area contributed by atoms with E-state index in [0.29, 0.717) is 25.5 Å². The van der Waals surface area contributed by atoms with E-state index in [1.54, 1.807) is 18.4 Å². The van der Waals surface area contributed by atoms with Gasteiger partial charge in [0.2, 0.25) is 0 Å². The number of nitriles is 2. The summed E-state index contributed by atoms with van der Waals surface area (Å²) < 4.78 is 0. The summed E-state index contributed by atoms with van der Waals surface area (Å²) in [6.07, 6.45) is 1.74. The Labute approximate surface area is 163 Å². The normalized spacial score (nSPS) is 10.1. The van der Waals surface area contributed by atoms with Crippen molar-refractivity contribution in [3.8, 4) is 12.1 Å². The highest BCUT2D eigenvalue weighted by molar-refractivity contribution is 8.00. The lowest BCUT2D eigenvalue weighted by atomic mass is 10.1. The Bertz CT molecular complexity index is 935. The first kappa shape index (κ1) is 19.4. The summed E-state index contributed by atoms with van der Waals surface area (Å²) in [4.78, 5) is 16.9. The van der Waals surface area contributed by atoms with Crippen molar-refractivity contribution >= 4 is 58.3 Å². The van der Waals surface area contributed by atoms with Gasteiger partial charge in [-0.1, -0.05) is 35.0 Å². The number of pyridine rings is 1. The fourth-order valence-electron chi connectivity index (χ4n) is 1.96. The molecule has 1 heterocycles. The predicted molar refractivity (Wildman–Crippen MR) is 101 cm³/mol. The average molecular weight is 409 g/mol. The summed E-state index contributed by atoms with van der Waals surface area (Å²) in [5.41, 5.74) is 6.62. The van der Waals surface area contributed by atoms with E-state index in [0.717, 1.165) is 11.8 Å². The highest BCUT2D eigenvalue weighted by Gasteiger charge is 2.19. The van der Waals surface area contributed by atoms with Gasteiger partial charge >= 0.3 is 0 Å². The van der Waals surface area contributed by atoms with E-state index in [1.807, 2.05) is 12.1 Å². The zero-order chi connectivity index (χ0) is 18.6. The number of nitrogens with zero attached hydrogens (tertiary/aromatic N) is 3. The number of aromatic nitrogens is 1. The van der Waals surface area contributed by atoms with Crippen molar-refractivity contribution in [1.82, 2.24) is 4.98 Å². The van der Waals surface area contributed by atoms with Crippen molar-refractivity contribution < 1.29 is 4.79 Å². The van der Waals surface area contributed by atoms with Crippen LogP contribution in [0.1, 0.15) is 21.5 Å². The topological polar surface area (TPSA) is 104 Å². The van der Waals surface area contributed by atoms with Crippen LogP contribution in [-0.2, 0) is 0 Å². The third-order valence-corrected chi connectivity index (χ3v) is 5.69. The molecule has 0 aliphatic heterocycles. The number of anilines is 1. The number of carbonyl (C=O) groups is 1. The standard InChI is InChI=1S/C16H10Cl2N4OS2/c1-24-14-9(5-19)15(21)22-16(10(14)6-20)25-7-13(23)8-2-3-11(17)12(18)4-8/h2-4H,7H2,1H3,(H2,21,22). The summed E-state index contributed by atoms with van der Waals surface area (Å²) >= 11 is 14.1. The number of benzene rings is 1. The van der Waals surface area contributed by atoms with Crippen LogP contribution >= 0.6 is 46.7 Å². The van der Waals surface area contributed by atoms with Crippen LogP contribution in [0, 0.1) is 22.7 Å². The smallest absolute Gasteiger partial charge is 0.173 e. The molecule has 0 saturated carbocycles. The molecule has 0 radical (unpaired) electrons. The van der Waals surface area contributed by atoms with Crippen LogP contribution in [-0.4, -0.2) is 22.8 Å². The SMILES string of the molecule is CSc1c(C#N)c(N)nc(SCC(=O)c2ccc(Cl)c(Cl)c2)c1C#N. The van der Waals surface area contributed by atoms with E-state index in [9.17, 15) is 15.3 Å². The third kappa shape index (κ3) is 4.20. The Kier molecular flexibility index (Phi) is 6.57. The van der Waals surface area contributed by atoms with Crippen molar-refractivity contribution in [3.05, 3.63) is 44.9 Å². The fourth-order valence-corrected chi connectivity index (χ4v) is 3.91. The number of nitrogen functional groups attached to an aromatic ring is 1. The van der Waals surface area contributed by atoms with Crippen LogP contribution < -0.4 is 5.73 Å². The number of thioether (sulfide) groups is 2. The predicted octanol–water partition coefficient (Wildman–Crippen LogP) is 4.41. The van der Waals surface area contributed by atoms with Gasteiger partial charge in [0.05, 0.1) is 21.4 Å². The van der Waals surface area contributed by atoms with Gasteiger partial charge in [-0.15, -0.1) is 11.8 Å². The molecule has 0 fully saturated rings. The quantitative estimate of drug-likeness (QED) is 0.576. The van der Waals surface area contributed by atoms with Crippen molar-refractivity contribution in [1.29, 1.82) is 10.5 Å². The lowest BCUT2D eigenvalue weighted by Crippen LogP contribution is -2.06. The van der Waals surface area contributed by atoms with Gasteiger partial charge in [0.15, 0.2) is 5.78 Å². The molecule has 0 atom stereocenters. The zero-order valence-electron chi connectivity index (χ0n) is 12.8. The lowest BCUT2D eigenvalue weighted by molar-refractivity contribution is 0.102. The van der Waals surface area contributed by atoms with E-state index in [1.165, 1.54) is 17.8 Å². The lowest BCUT2D eigenvalue weighted by Gasteiger charge is -2.10. The van der Waals surface area contributed by atoms with E-state index in [2.05, 4.69) is 4.98 Å². The maximum Gasteiger partial charge on any atom is 0.173 e. The first-order chi connectivity index (χ1) is 11.9. The van der Waals surface area contributed by atoms with Gasteiger partial charge in [-0.3, -0.25) is 4.79 Å². The zero-order valence-corrected chi connectivity index (χ0v) is 16.0. The van der Waals surface area contributed by atoms with Gasteiger partial charge in [0.25, 0.3) is 0 Å². The monoisotopic (exact) mass is 408 g/mol. The molecular weight excluding hydrogens is 399 g/mol. The van der Waals surface area contributed by atoms with Crippen LogP contribution in [0.15, 0.2) is 28.1 Å². The van der Waals surface area contributed by atoms with E-state index >= 15 is 0 Å². The van der Waals surface area contributed by atoms with Gasteiger partial charge in [0.1, 0.15) is 28.5 Å². The molecule has 126 valence electrons. The Morgan fingerprint density at radius 2 is 1.92 bits per heavy atom. The molecule has 25 heavy (non-hydrogen) atoms. The summed E-state index contributed by atoms with van der Waals surface area (Å²) in [7, 11) is 0. The van der Waals surface area contributed by atoms with Crippen LogP contribution in [0.2, 0.25) is 10.0 Å². The first-order valence-electron chi connectivity index (χ1n) is 6.71. The van der Waals surface area contributed by atoms with Gasteiger partial charge in [-0.25, -0.2) is 4.98 Å². The molecule has 9 heteroatoms. The summed E-state index contributed by atoms with van der Waals surface area (Å²) in [5, 5.41) is 19.6. The Morgan fingerprint density at radius 3 is 2.48 bits per heavy atom. The largest absolute Gasteiger partial charge is 0.383 e. The number of rotatable bonds is 5. The molecule has 0 bridgehead atoms. The molecule has 0 saturated heterocycles. The number of carbonyl (C=O) groups excluding carboxylic acids is 1. The average Bonchev–Trinajstić information content (AvgIpc) is 2.61. The second-order valence-electron chi connectivity index (χ2n) is 4.65. The second-order valence-corrected chi connectivity index (χ2v) is 7.24. The molecule has 1 aromatic carbocycles. The molecule has 0 spiro atoms. The molecule has 2 rings (SSSR count). The minimum absolute atomic E-state index is 0.0373. The molecule has 2 aromatic rings. The minimum atomic E-state index is -0.192. The van der Waals surface area contributed by atoms with Crippen molar-refractivity contribution in [3.63, 3.8) is 0 Å². The van der Waals surface area contributed by atoms with Crippen LogP contribution in [0.4, 0.5) is 5.82 Å². The van der Waals surface area contributed by atoms with Gasteiger partial charge < -0.3 is 5.73 Å². The summed E-state index contributed by atoms with van der Waals surface area (Å²) in [6, 6.07) is 8.61. The Balaban J connectivity index is 2.30. The Morgan fingerprint density at radius 1 is 1.24 bits per heavy atom. The third-order valence-electron chi connectivity index (χ3n) is 3.16. The molecule has 0 aliphatic rings. The van der Waals surface area contributed by atoms with Crippen LogP contribution in [0.3, 0.4) is 0 Å². The van der Waals surface area contributed by atoms with Gasteiger partial charge in [-0.05, 0) is 24.5 Å². The van der Waals surface area contributed by atoms with Crippen LogP contribution in [0.5, 0.6) is 0 Å². The highest BCUT2D eigenvalue weighted by atomic mass is 35.5. The summed E-state index contributed by atoms with van der Waals surface area (Å²) in [6.45, 7) is 0. The maximum absolute atomic E-state index is 12.3. The first-order valence-corrected chi connectivity index (χ1v) is 9.68. The van der Waals surface area contributed by atoms with E-state index < -0.39 is 0 Å². The Hall–Kier alpha value is -1.90. The van der Waals surface area contributed by atoms with Gasteiger partial charge in [-0.2, -0.15) is 10.5 Å². The van der Waals surface area contributed by atoms with E-state index in [-0.39, 0.29) is 28.5 Å². The van der Waals surface area contributed by atoms with Crippen molar-refractivity contribution in [2.75, 3.05) is 17.7 Å². The fraction of sp³-hybridized carbons (Fsp3) is 0.125.